The van der Waals surface area contributed by atoms with E-state index >= 15 is 0 Å². The second kappa shape index (κ2) is 8.35. The number of amides is 2. The van der Waals surface area contributed by atoms with Gasteiger partial charge in [0.25, 0.3) is 0 Å². The summed E-state index contributed by atoms with van der Waals surface area (Å²) in [6.45, 7) is 3.95. The number of likely N-dealkylation sites (tertiary alicyclic amines) is 1. The summed E-state index contributed by atoms with van der Waals surface area (Å²) in [7, 11) is 0. The predicted octanol–water partition coefficient (Wildman–Crippen LogP) is 2.64. The van der Waals surface area contributed by atoms with Gasteiger partial charge >= 0.3 is 0 Å². The first-order chi connectivity index (χ1) is 13.2. The van der Waals surface area contributed by atoms with Crippen molar-refractivity contribution in [2.24, 2.45) is 0 Å². The molecule has 0 saturated carbocycles. The number of hydrogen-bond donors (Lipinski definition) is 0. The molecule has 0 radical (unpaired) electrons. The quantitative estimate of drug-likeness (QED) is 0.809. The third-order valence-electron chi connectivity index (χ3n) is 5.35. The van der Waals surface area contributed by atoms with Crippen molar-refractivity contribution in [2.75, 3.05) is 39.4 Å². The van der Waals surface area contributed by atoms with Crippen LogP contribution in [-0.2, 0) is 14.3 Å². The van der Waals surface area contributed by atoms with Crippen LogP contribution < -0.4 is 0 Å². The zero-order valence-corrected chi connectivity index (χ0v) is 16.2. The second-order valence-corrected chi connectivity index (χ2v) is 8.25. The van der Waals surface area contributed by atoms with E-state index in [1.54, 1.807) is 16.2 Å². The van der Waals surface area contributed by atoms with E-state index in [2.05, 4.69) is 6.07 Å². The fraction of sp³-hybridized carbons (Fsp3) is 0.550. The molecule has 6 nitrogen and oxygen atoms in total. The lowest BCUT2D eigenvalue weighted by molar-refractivity contribution is -0.139. The van der Waals surface area contributed by atoms with Gasteiger partial charge in [0.05, 0.1) is 28.4 Å². The summed E-state index contributed by atoms with van der Waals surface area (Å²) >= 11 is 1.73. The summed E-state index contributed by atoms with van der Waals surface area (Å²) in [5.74, 6) is 0.448. The Morgan fingerprint density at radius 3 is 2.59 bits per heavy atom. The molecule has 0 unspecified atom stereocenters. The van der Waals surface area contributed by atoms with E-state index in [4.69, 9.17) is 9.72 Å². The smallest absolute Gasteiger partial charge is 0.223 e. The van der Waals surface area contributed by atoms with Gasteiger partial charge in [0, 0.05) is 44.9 Å². The fourth-order valence-electron chi connectivity index (χ4n) is 3.81. The van der Waals surface area contributed by atoms with Gasteiger partial charge < -0.3 is 14.5 Å². The normalized spacial score (nSPS) is 20.8. The summed E-state index contributed by atoms with van der Waals surface area (Å²) in [5.41, 5.74) is 1.04. The molecule has 27 heavy (non-hydrogen) atoms. The van der Waals surface area contributed by atoms with Crippen molar-refractivity contribution in [1.82, 2.24) is 14.8 Å². The Balaban J connectivity index is 1.33. The van der Waals surface area contributed by atoms with Gasteiger partial charge in [-0.2, -0.15) is 0 Å². The molecule has 0 spiro atoms. The van der Waals surface area contributed by atoms with Crippen molar-refractivity contribution in [1.29, 1.82) is 0 Å². The summed E-state index contributed by atoms with van der Waals surface area (Å²) in [4.78, 5) is 33.4. The number of aromatic nitrogens is 1. The van der Waals surface area contributed by atoms with Crippen LogP contribution in [0.25, 0.3) is 10.2 Å². The minimum Gasteiger partial charge on any atom is -0.378 e. The number of fused-ring (bicyclic) bond motifs is 1. The molecule has 1 atom stereocenters. The van der Waals surface area contributed by atoms with Crippen molar-refractivity contribution in [2.45, 2.75) is 31.6 Å². The van der Waals surface area contributed by atoms with E-state index in [1.165, 1.54) is 4.70 Å². The number of carbonyl (C=O) groups is 2. The van der Waals surface area contributed by atoms with E-state index in [-0.39, 0.29) is 11.8 Å². The summed E-state index contributed by atoms with van der Waals surface area (Å²) in [6.07, 6.45) is 2.64. The largest absolute Gasteiger partial charge is 0.378 e. The Morgan fingerprint density at radius 2 is 1.81 bits per heavy atom. The lowest BCUT2D eigenvalue weighted by Gasteiger charge is -2.32. The average Bonchev–Trinajstić information content (AvgIpc) is 3.17. The number of carbonyl (C=O) groups excluding carboxylic acids is 2. The van der Waals surface area contributed by atoms with Crippen molar-refractivity contribution in [3.63, 3.8) is 0 Å². The highest BCUT2D eigenvalue weighted by Gasteiger charge is 2.27. The van der Waals surface area contributed by atoms with Crippen molar-refractivity contribution >= 4 is 33.4 Å². The molecular formula is C20H25N3O3S. The van der Waals surface area contributed by atoms with Crippen LogP contribution >= 0.6 is 11.3 Å². The first-order valence-electron chi connectivity index (χ1n) is 9.69. The lowest BCUT2D eigenvalue weighted by Crippen LogP contribution is -2.42. The van der Waals surface area contributed by atoms with E-state index in [9.17, 15) is 9.59 Å². The zero-order chi connectivity index (χ0) is 18.6. The zero-order valence-electron chi connectivity index (χ0n) is 15.4. The summed E-state index contributed by atoms with van der Waals surface area (Å²) < 4.78 is 6.47. The number of nitrogens with zero attached hydrogens (tertiary/aromatic N) is 3. The summed E-state index contributed by atoms with van der Waals surface area (Å²) in [6, 6.07) is 8.18. The van der Waals surface area contributed by atoms with Crippen LogP contribution in [0.15, 0.2) is 24.3 Å². The van der Waals surface area contributed by atoms with Crippen LogP contribution in [0.1, 0.15) is 36.6 Å². The molecule has 0 bridgehead atoms. The van der Waals surface area contributed by atoms with Crippen LogP contribution in [0.4, 0.5) is 0 Å². The van der Waals surface area contributed by atoms with E-state index in [0.29, 0.717) is 51.6 Å². The molecule has 2 amide bonds. The molecule has 2 saturated heterocycles. The molecule has 1 aromatic heterocycles. The first kappa shape index (κ1) is 18.4. The first-order valence-corrected chi connectivity index (χ1v) is 10.5. The van der Waals surface area contributed by atoms with E-state index < -0.39 is 0 Å². The number of morpholine rings is 1. The van der Waals surface area contributed by atoms with Crippen LogP contribution in [0, 0.1) is 0 Å². The van der Waals surface area contributed by atoms with Gasteiger partial charge in [0.15, 0.2) is 0 Å². The van der Waals surface area contributed by atoms with Crippen LogP contribution in [0.2, 0.25) is 0 Å². The molecule has 144 valence electrons. The maximum Gasteiger partial charge on any atom is 0.223 e. The molecule has 0 aliphatic carbocycles. The number of thiazole rings is 1. The predicted molar refractivity (Wildman–Crippen MR) is 105 cm³/mol. The van der Waals surface area contributed by atoms with Crippen LogP contribution in [-0.4, -0.2) is 66.0 Å². The van der Waals surface area contributed by atoms with Gasteiger partial charge in [-0.05, 0) is 25.0 Å². The van der Waals surface area contributed by atoms with Gasteiger partial charge in [0.2, 0.25) is 11.8 Å². The third-order valence-corrected chi connectivity index (χ3v) is 6.55. The molecule has 1 aromatic carbocycles. The van der Waals surface area contributed by atoms with Crippen molar-refractivity contribution in [3.05, 3.63) is 29.3 Å². The Labute approximate surface area is 163 Å². The minimum atomic E-state index is 0.0615. The molecule has 2 fully saturated rings. The summed E-state index contributed by atoms with van der Waals surface area (Å²) in [5, 5.41) is 1.12. The highest BCUT2D eigenvalue weighted by atomic mass is 32.1. The minimum absolute atomic E-state index is 0.0615. The van der Waals surface area contributed by atoms with Crippen LogP contribution in [0.3, 0.4) is 0 Å². The standard InChI is InChI=1S/C20H25N3O3S/c24-18(22-10-12-26-13-11-22)7-8-19(25)23-9-3-4-15(14-23)20-21-16-5-1-2-6-17(16)27-20/h1-2,5-6,15H,3-4,7-14H2/t15-/m0/s1. The number of rotatable bonds is 4. The van der Waals surface area contributed by atoms with Gasteiger partial charge in [0.1, 0.15) is 0 Å². The average molecular weight is 388 g/mol. The Hall–Kier alpha value is -1.99. The highest BCUT2D eigenvalue weighted by Crippen LogP contribution is 2.33. The van der Waals surface area contributed by atoms with Crippen molar-refractivity contribution < 1.29 is 14.3 Å². The number of para-hydroxylation sites is 1. The molecule has 2 aliphatic heterocycles. The Bertz CT molecular complexity index is 783. The molecule has 0 N–H and O–H groups in total. The maximum atomic E-state index is 12.6. The van der Waals surface area contributed by atoms with Crippen molar-refractivity contribution in [3.8, 4) is 0 Å². The molecule has 2 aromatic rings. The highest BCUT2D eigenvalue weighted by molar-refractivity contribution is 7.18. The molecule has 2 aliphatic rings. The third kappa shape index (κ3) is 4.30. The van der Waals surface area contributed by atoms with Gasteiger partial charge in [-0.15, -0.1) is 11.3 Å². The molecular weight excluding hydrogens is 362 g/mol. The Kier molecular flexibility index (Phi) is 5.69. The lowest BCUT2D eigenvalue weighted by atomic mass is 9.98. The molecule has 4 rings (SSSR count). The maximum absolute atomic E-state index is 12.6. The Morgan fingerprint density at radius 1 is 1.07 bits per heavy atom. The van der Waals surface area contributed by atoms with E-state index in [1.807, 2.05) is 23.1 Å². The number of ether oxygens (including phenoxy) is 1. The number of piperidine rings is 1. The van der Waals surface area contributed by atoms with Gasteiger partial charge in [-0.1, -0.05) is 12.1 Å². The van der Waals surface area contributed by atoms with Gasteiger partial charge in [-0.3, -0.25) is 9.59 Å². The topological polar surface area (TPSA) is 62.7 Å². The molecule has 7 heteroatoms. The number of benzene rings is 1. The van der Waals surface area contributed by atoms with Crippen LogP contribution in [0.5, 0.6) is 0 Å². The number of hydrogen-bond acceptors (Lipinski definition) is 5. The second-order valence-electron chi connectivity index (χ2n) is 7.19. The monoisotopic (exact) mass is 387 g/mol. The fourth-order valence-corrected chi connectivity index (χ4v) is 4.91. The van der Waals surface area contributed by atoms with E-state index in [0.717, 1.165) is 29.9 Å². The van der Waals surface area contributed by atoms with Gasteiger partial charge in [-0.25, -0.2) is 4.98 Å². The molecule has 3 heterocycles. The SMILES string of the molecule is O=C(CCC(=O)N1CCC[C@H](c2nc3ccccc3s2)C1)N1CCOCC1.